The van der Waals surface area contributed by atoms with Crippen LogP contribution in [0.3, 0.4) is 0 Å². The van der Waals surface area contributed by atoms with Gasteiger partial charge < -0.3 is 5.11 Å². The van der Waals surface area contributed by atoms with Gasteiger partial charge in [-0.25, -0.2) is 13.8 Å². The number of fused-ring (bicyclic) bond motifs is 1. The van der Waals surface area contributed by atoms with Crippen molar-refractivity contribution >= 4 is 18.3 Å². The van der Waals surface area contributed by atoms with E-state index in [4.69, 9.17) is 0 Å². The first-order valence-corrected chi connectivity index (χ1v) is 8.79. The molecule has 0 aliphatic rings. The number of aromatic nitrogens is 3. The van der Waals surface area contributed by atoms with Crippen LogP contribution in [0.1, 0.15) is 27.8 Å². The van der Waals surface area contributed by atoms with E-state index in [0.717, 1.165) is 17.3 Å². The van der Waals surface area contributed by atoms with Gasteiger partial charge in [-0.05, 0) is 11.6 Å². The summed E-state index contributed by atoms with van der Waals surface area (Å²) in [5.74, 6) is -2.08. The first-order valence-electron chi connectivity index (χ1n) is 8.27. The maximum atomic E-state index is 14.1. The zero-order valence-electron chi connectivity index (χ0n) is 14.0. The maximum Gasteiger partial charge on any atom is 0.215 e. The smallest absolute Gasteiger partial charge is 0.215 e. The van der Waals surface area contributed by atoms with Gasteiger partial charge >= 0.3 is 0 Å². The summed E-state index contributed by atoms with van der Waals surface area (Å²) in [7, 11) is 0. The Bertz CT molecular complexity index is 1120. The summed E-state index contributed by atoms with van der Waals surface area (Å²) in [6.45, 7) is 0. The quantitative estimate of drug-likeness (QED) is 0.516. The number of benzene rings is 2. The Labute approximate surface area is 159 Å². The van der Waals surface area contributed by atoms with E-state index in [1.165, 1.54) is 22.7 Å². The molecule has 1 atom stereocenters. The van der Waals surface area contributed by atoms with Crippen LogP contribution in [0.15, 0.2) is 60.7 Å². The normalized spacial score (nSPS) is 12.4. The van der Waals surface area contributed by atoms with Crippen molar-refractivity contribution in [2.24, 2.45) is 0 Å². The predicted octanol–water partition coefficient (Wildman–Crippen LogP) is 4.32. The monoisotopic (exact) mass is 383 g/mol. The minimum Gasteiger partial charge on any atom is -0.493 e. The number of halogens is 2. The first-order chi connectivity index (χ1) is 13.0. The van der Waals surface area contributed by atoms with Gasteiger partial charge in [-0.15, -0.1) is 0 Å². The predicted molar refractivity (Wildman–Crippen MR) is 101 cm³/mol. The average Bonchev–Trinajstić information content (AvgIpc) is 3.07. The van der Waals surface area contributed by atoms with E-state index in [1.807, 2.05) is 30.3 Å². The third kappa shape index (κ3) is 3.38. The molecule has 0 amide bonds. The summed E-state index contributed by atoms with van der Waals surface area (Å²) in [5, 5.41) is 13.8. The molecule has 27 heavy (non-hydrogen) atoms. The highest BCUT2D eigenvalue weighted by Gasteiger charge is 2.20. The van der Waals surface area contributed by atoms with Crippen LogP contribution in [0.2, 0.25) is 0 Å². The van der Waals surface area contributed by atoms with Crippen molar-refractivity contribution in [1.29, 1.82) is 0 Å². The van der Waals surface area contributed by atoms with Crippen molar-refractivity contribution in [3.63, 3.8) is 0 Å². The lowest BCUT2D eigenvalue weighted by atomic mass is 10.1. The highest BCUT2D eigenvalue weighted by molar-refractivity contribution is 7.80. The Kier molecular flexibility index (Phi) is 4.53. The molecule has 1 unspecified atom stereocenters. The number of rotatable bonds is 4. The number of nitrogens with zero attached hydrogens (tertiary/aromatic N) is 3. The molecule has 1 N–H and O–H groups in total. The van der Waals surface area contributed by atoms with Crippen molar-refractivity contribution in [3.8, 4) is 5.88 Å². The van der Waals surface area contributed by atoms with Crippen LogP contribution in [-0.4, -0.2) is 19.7 Å². The lowest BCUT2D eigenvalue weighted by Crippen LogP contribution is -2.03. The molecule has 4 nitrogen and oxygen atoms in total. The van der Waals surface area contributed by atoms with Crippen LogP contribution < -0.4 is 0 Å². The molecule has 2 aromatic heterocycles. The molecule has 0 aliphatic heterocycles. The minimum absolute atomic E-state index is 0.0543. The fourth-order valence-corrected chi connectivity index (χ4v) is 3.28. The van der Waals surface area contributed by atoms with Crippen molar-refractivity contribution in [1.82, 2.24) is 14.6 Å². The highest BCUT2D eigenvalue weighted by atomic mass is 32.1. The molecule has 0 saturated carbocycles. The molecule has 2 aromatic carbocycles. The lowest BCUT2D eigenvalue weighted by molar-refractivity contribution is 0.433. The summed E-state index contributed by atoms with van der Waals surface area (Å²) < 4.78 is 28.9. The van der Waals surface area contributed by atoms with Gasteiger partial charge in [0, 0.05) is 24.1 Å². The summed E-state index contributed by atoms with van der Waals surface area (Å²) in [6, 6.07) is 16.8. The number of aromatic hydroxyl groups is 1. The molecule has 0 aliphatic carbocycles. The Hall–Kier alpha value is -2.93. The molecule has 0 fully saturated rings. The van der Waals surface area contributed by atoms with E-state index in [0.29, 0.717) is 17.8 Å². The number of hydrogen-bond donors (Lipinski definition) is 2. The molecule has 4 rings (SSSR count). The maximum absolute atomic E-state index is 14.1. The summed E-state index contributed by atoms with van der Waals surface area (Å²) in [4.78, 5) is 4.42. The van der Waals surface area contributed by atoms with Gasteiger partial charge in [-0.1, -0.05) is 42.5 Å². The van der Waals surface area contributed by atoms with Crippen molar-refractivity contribution in [2.45, 2.75) is 11.7 Å². The molecule has 2 heterocycles. The highest BCUT2D eigenvalue weighted by Crippen LogP contribution is 2.32. The zero-order chi connectivity index (χ0) is 19.0. The number of thiol groups is 1. The minimum atomic E-state index is -0.975. The Morgan fingerprint density at radius 3 is 2.59 bits per heavy atom. The van der Waals surface area contributed by atoms with Crippen molar-refractivity contribution < 1.29 is 13.9 Å². The first kappa shape index (κ1) is 17.5. The van der Waals surface area contributed by atoms with Gasteiger partial charge in [-0.3, -0.25) is 0 Å². The molecule has 0 bridgehead atoms. The molecule has 4 aromatic rings. The Balaban J connectivity index is 1.72. The SMILES string of the molecule is Oc1cc(C(S)c2cccc(F)c2F)nc2cc(Cc3ccccc3)nn12. The van der Waals surface area contributed by atoms with Gasteiger partial charge in [0.15, 0.2) is 17.3 Å². The van der Waals surface area contributed by atoms with Crippen LogP contribution in [-0.2, 0) is 6.42 Å². The number of hydrogen-bond acceptors (Lipinski definition) is 4. The molecule has 0 radical (unpaired) electrons. The standard InChI is InChI=1S/C20H15F2N3OS/c21-15-8-4-7-14(19(15)22)20(27)16-11-18(26)25-17(23-16)10-13(24-25)9-12-5-2-1-3-6-12/h1-8,10-11,20,26-27H,9H2. The summed E-state index contributed by atoms with van der Waals surface area (Å²) >= 11 is 4.38. The average molecular weight is 383 g/mol. The fraction of sp³-hybridized carbons (Fsp3) is 0.100. The van der Waals surface area contributed by atoms with Crippen molar-refractivity contribution in [2.75, 3.05) is 0 Å². The van der Waals surface area contributed by atoms with E-state index in [9.17, 15) is 13.9 Å². The summed E-state index contributed by atoms with van der Waals surface area (Å²) in [6.07, 6.45) is 0.585. The molecule has 0 saturated heterocycles. The van der Waals surface area contributed by atoms with Crippen LogP contribution in [0.5, 0.6) is 5.88 Å². The van der Waals surface area contributed by atoms with Gasteiger partial charge in [0.2, 0.25) is 5.88 Å². The molecular weight excluding hydrogens is 368 g/mol. The van der Waals surface area contributed by atoms with Crippen LogP contribution in [0, 0.1) is 11.6 Å². The van der Waals surface area contributed by atoms with E-state index in [1.54, 1.807) is 6.07 Å². The van der Waals surface area contributed by atoms with Gasteiger partial charge in [-0.2, -0.15) is 22.2 Å². The second kappa shape index (κ2) is 7.00. The molecular formula is C20H15F2N3OS. The van der Waals surface area contributed by atoms with E-state index >= 15 is 0 Å². The molecule has 136 valence electrons. The van der Waals surface area contributed by atoms with Crippen LogP contribution in [0.25, 0.3) is 5.65 Å². The largest absolute Gasteiger partial charge is 0.493 e. The van der Waals surface area contributed by atoms with E-state index in [2.05, 4.69) is 22.7 Å². The topological polar surface area (TPSA) is 50.4 Å². The zero-order valence-corrected chi connectivity index (χ0v) is 14.9. The third-order valence-corrected chi connectivity index (χ3v) is 4.81. The fourth-order valence-electron chi connectivity index (χ4n) is 2.95. The Morgan fingerprint density at radius 2 is 1.81 bits per heavy atom. The van der Waals surface area contributed by atoms with Crippen LogP contribution in [0.4, 0.5) is 8.78 Å². The Morgan fingerprint density at radius 1 is 1.04 bits per heavy atom. The van der Waals surface area contributed by atoms with Gasteiger partial charge in [0.1, 0.15) is 0 Å². The second-order valence-corrected chi connectivity index (χ2v) is 6.67. The van der Waals surface area contributed by atoms with E-state index in [-0.39, 0.29) is 11.4 Å². The summed E-state index contributed by atoms with van der Waals surface area (Å²) in [5.41, 5.74) is 2.58. The van der Waals surface area contributed by atoms with Crippen molar-refractivity contribution in [3.05, 3.63) is 94.8 Å². The third-order valence-electron chi connectivity index (χ3n) is 4.26. The van der Waals surface area contributed by atoms with E-state index < -0.39 is 16.9 Å². The molecule has 7 heteroatoms. The second-order valence-electron chi connectivity index (χ2n) is 6.15. The van der Waals surface area contributed by atoms with Gasteiger partial charge in [0.25, 0.3) is 0 Å². The molecule has 0 spiro atoms. The van der Waals surface area contributed by atoms with Gasteiger partial charge in [0.05, 0.1) is 16.6 Å². The lowest BCUT2D eigenvalue weighted by Gasteiger charge is -2.12. The van der Waals surface area contributed by atoms with Crippen LogP contribution >= 0.6 is 12.6 Å².